The molecule has 4 nitrogen and oxygen atoms in total. The smallest absolute Gasteiger partial charge is 0.305 e. The predicted octanol–water partition coefficient (Wildman–Crippen LogP) is 10.9. The van der Waals surface area contributed by atoms with E-state index in [1.165, 1.54) is 122 Å². The summed E-state index contributed by atoms with van der Waals surface area (Å²) in [5, 5.41) is 0. The molecule has 0 fully saturated rings. The molecular formula is C34H66O4. The molecule has 0 saturated heterocycles. The second-order valence-electron chi connectivity index (χ2n) is 11.5. The average Bonchev–Trinajstić information content (AvgIpc) is 2.92. The molecular weight excluding hydrogens is 472 g/mol. The lowest BCUT2D eigenvalue weighted by Gasteiger charge is -2.14. The number of carbonyl (C=O) groups is 2. The van der Waals surface area contributed by atoms with Gasteiger partial charge >= 0.3 is 11.9 Å². The molecule has 0 radical (unpaired) electrons. The fraction of sp³-hybridized carbons (Fsp3) is 0.941. The van der Waals surface area contributed by atoms with Crippen molar-refractivity contribution >= 4 is 11.9 Å². The first kappa shape index (κ1) is 36.9. The van der Waals surface area contributed by atoms with Crippen molar-refractivity contribution in [2.75, 3.05) is 13.2 Å². The minimum atomic E-state index is -0.00271. The number of unbranched alkanes of at least 4 members (excludes halogenated alkanes) is 18. The highest BCUT2D eigenvalue weighted by Gasteiger charge is 2.10. The maximum absolute atomic E-state index is 11.9. The summed E-state index contributed by atoms with van der Waals surface area (Å²) in [6.07, 6.45) is 30.8. The van der Waals surface area contributed by atoms with Crippen LogP contribution < -0.4 is 0 Å². The van der Waals surface area contributed by atoms with Crippen LogP contribution >= 0.6 is 0 Å². The van der Waals surface area contributed by atoms with Crippen molar-refractivity contribution in [3.8, 4) is 0 Å². The van der Waals surface area contributed by atoms with Crippen LogP contribution in [0.1, 0.15) is 188 Å². The van der Waals surface area contributed by atoms with Crippen LogP contribution in [0.25, 0.3) is 0 Å². The third-order valence-corrected chi connectivity index (χ3v) is 7.85. The van der Waals surface area contributed by atoms with Gasteiger partial charge in [0.05, 0.1) is 13.2 Å². The van der Waals surface area contributed by atoms with E-state index in [-0.39, 0.29) is 11.9 Å². The molecule has 0 aromatic heterocycles. The fourth-order valence-electron chi connectivity index (χ4n) is 5.10. The van der Waals surface area contributed by atoms with Gasteiger partial charge in [0.2, 0.25) is 0 Å². The zero-order chi connectivity index (χ0) is 27.9. The van der Waals surface area contributed by atoms with E-state index in [1.807, 2.05) is 0 Å². The monoisotopic (exact) mass is 538 g/mol. The van der Waals surface area contributed by atoms with Crippen molar-refractivity contribution in [1.29, 1.82) is 0 Å². The van der Waals surface area contributed by atoms with E-state index >= 15 is 0 Å². The Morgan fingerprint density at radius 2 is 0.842 bits per heavy atom. The van der Waals surface area contributed by atoms with Gasteiger partial charge in [0.15, 0.2) is 0 Å². The van der Waals surface area contributed by atoms with Gasteiger partial charge in [-0.05, 0) is 31.6 Å². The highest BCUT2D eigenvalue weighted by molar-refractivity contribution is 5.69. The van der Waals surface area contributed by atoms with Crippen LogP contribution in [-0.4, -0.2) is 25.2 Å². The van der Waals surface area contributed by atoms with Gasteiger partial charge < -0.3 is 9.47 Å². The Morgan fingerprint density at radius 1 is 0.447 bits per heavy atom. The van der Waals surface area contributed by atoms with Crippen molar-refractivity contribution in [2.24, 2.45) is 5.92 Å². The Hall–Kier alpha value is -1.06. The summed E-state index contributed by atoms with van der Waals surface area (Å²) < 4.78 is 10.7. The summed E-state index contributed by atoms with van der Waals surface area (Å²) in [4.78, 5) is 23.6. The van der Waals surface area contributed by atoms with E-state index in [0.29, 0.717) is 32.0 Å². The van der Waals surface area contributed by atoms with E-state index in [9.17, 15) is 9.59 Å². The normalized spacial score (nSPS) is 12.0. The van der Waals surface area contributed by atoms with Crippen LogP contribution in [0.3, 0.4) is 0 Å². The molecule has 0 aliphatic carbocycles. The number of hydrogen-bond donors (Lipinski definition) is 0. The summed E-state index contributed by atoms with van der Waals surface area (Å²) in [7, 11) is 0. The molecule has 0 aromatic carbocycles. The first-order chi connectivity index (χ1) is 18.6. The minimum absolute atomic E-state index is 0.00271. The Labute approximate surface area is 237 Å². The standard InChI is InChI=1S/C34H66O4/c1-4-7-9-24-30-37-33(35)27-23-21-19-17-15-13-11-12-14-16-18-20-22-26-32(6-3)28-29-34(36)38-31-25-10-8-5-2/h32H,4-31H2,1-3H3. The Morgan fingerprint density at radius 3 is 1.29 bits per heavy atom. The number of carbonyl (C=O) groups excluding carboxylic acids is 2. The van der Waals surface area contributed by atoms with Gasteiger partial charge in [-0.25, -0.2) is 0 Å². The van der Waals surface area contributed by atoms with Crippen LogP contribution in [0.4, 0.5) is 0 Å². The molecule has 0 aliphatic rings. The lowest BCUT2D eigenvalue weighted by atomic mass is 9.93. The summed E-state index contributed by atoms with van der Waals surface area (Å²) in [5.41, 5.74) is 0. The molecule has 0 amide bonds. The maximum atomic E-state index is 11.9. The maximum Gasteiger partial charge on any atom is 0.305 e. The van der Waals surface area contributed by atoms with E-state index in [2.05, 4.69) is 20.8 Å². The Balaban J connectivity index is 3.37. The van der Waals surface area contributed by atoms with Gasteiger partial charge in [0.25, 0.3) is 0 Å². The van der Waals surface area contributed by atoms with Gasteiger partial charge in [-0.1, -0.05) is 149 Å². The second kappa shape index (κ2) is 30.5. The van der Waals surface area contributed by atoms with Gasteiger partial charge in [0, 0.05) is 12.8 Å². The van der Waals surface area contributed by atoms with E-state index < -0.39 is 0 Å². The Bertz CT molecular complexity index is 505. The second-order valence-corrected chi connectivity index (χ2v) is 11.5. The summed E-state index contributed by atoms with van der Waals surface area (Å²) in [5.74, 6) is 0.680. The zero-order valence-electron chi connectivity index (χ0n) is 26.0. The molecule has 38 heavy (non-hydrogen) atoms. The SMILES string of the molecule is CCCCCCOC(=O)CCCCCCCCCCCCCCCC(CC)CCC(=O)OCCCCCC. The Kier molecular flexibility index (Phi) is 29.6. The quantitative estimate of drug-likeness (QED) is 0.0674. The molecule has 226 valence electrons. The summed E-state index contributed by atoms with van der Waals surface area (Å²) in [6, 6.07) is 0. The van der Waals surface area contributed by atoms with Crippen molar-refractivity contribution in [1.82, 2.24) is 0 Å². The van der Waals surface area contributed by atoms with Crippen molar-refractivity contribution < 1.29 is 19.1 Å². The first-order valence-electron chi connectivity index (χ1n) is 16.9. The third kappa shape index (κ3) is 28.0. The first-order valence-corrected chi connectivity index (χ1v) is 16.9. The molecule has 0 aromatic rings. The molecule has 0 aliphatic heterocycles. The number of hydrogen-bond acceptors (Lipinski definition) is 4. The van der Waals surface area contributed by atoms with Crippen molar-refractivity contribution in [3.63, 3.8) is 0 Å². The van der Waals surface area contributed by atoms with E-state index in [0.717, 1.165) is 32.1 Å². The number of esters is 2. The summed E-state index contributed by atoms with van der Waals surface area (Å²) >= 11 is 0. The van der Waals surface area contributed by atoms with Crippen molar-refractivity contribution in [3.05, 3.63) is 0 Å². The molecule has 0 saturated carbocycles. The number of rotatable bonds is 30. The molecule has 4 heteroatoms. The van der Waals surface area contributed by atoms with Gasteiger partial charge in [0.1, 0.15) is 0 Å². The molecule has 0 N–H and O–H groups in total. The predicted molar refractivity (Wildman–Crippen MR) is 162 cm³/mol. The van der Waals surface area contributed by atoms with Crippen LogP contribution in [0.2, 0.25) is 0 Å². The third-order valence-electron chi connectivity index (χ3n) is 7.85. The minimum Gasteiger partial charge on any atom is -0.466 e. The van der Waals surface area contributed by atoms with Crippen LogP contribution in [0.5, 0.6) is 0 Å². The molecule has 0 bridgehead atoms. The highest BCUT2D eigenvalue weighted by atomic mass is 16.5. The van der Waals surface area contributed by atoms with E-state index in [1.54, 1.807) is 0 Å². The van der Waals surface area contributed by atoms with Crippen molar-refractivity contribution in [2.45, 2.75) is 188 Å². The van der Waals surface area contributed by atoms with Gasteiger partial charge in [-0.3, -0.25) is 9.59 Å². The highest BCUT2D eigenvalue weighted by Crippen LogP contribution is 2.20. The molecule has 1 atom stereocenters. The topological polar surface area (TPSA) is 52.6 Å². The average molecular weight is 539 g/mol. The fourth-order valence-corrected chi connectivity index (χ4v) is 5.10. The van der Waals surface area contributed by atoms with Crippen LogP contribution in [0.15, 0.2) is 0 Å². The van der Waals surface area contributed by atoms with Crippen LogP contribution in [-0.2, 0) is 19.1 Å². The van der Waals surface area contributed by atoms with E-state index in [4.69, 9.17) is 9.47 Å². The van der Waals surface area contributed by atoms with Gasteiger partial charge in [-0.15, -0.1) is 0 Å². The zero-order valence-corrected chi connectivity index (χ0v) is 26.0. The lowest BCUT2D eigenvalue weighted by Crippen LogP contribution is -2.09. The summed E-state index contributed by atoms with van der Waals surface area (Å²) in [6.45, 7) is 7.86. The molecule has 1 unspecified atom stereocenters. The largest absolute Gasteiger partial charge is 0.466 e. The molecule has 0 heterocycles. The van der Waals surface area contributed by atoms with Gasteiger partial charge in [-0.2, -0.15) is 0 Å². The van der Waals surface area contributed by atoms with Crippen LogP contribution in [0, 0.1) is 5.92 Å². The number of ether oxygens (including phenoxy) is 2. The lowest BCUT2D eigenvalue weighted by molar-refractivity contribution is -0.145. The molecule has 0 rings (SSSR count). The molecule has 0 spiro atoms.